The minimum Gasteiger partial charge on any atom is -0.444 e. The van der Waals surface area contributed by atoms with Gasteiger partial charge < -0.3 is 15.2 Å². The summed E-state index contributed by atoms with van der Waals surface area (Å²) < 4.78 is 5.34. The summed E-state index contributed by atoms with van der Waals surface area (Å²) in [5, 5.41) is 13.5. The van der Waals surface area contributed by atoms with Gasteiger partial charge in [-0.15, -0.1) is 0 Å². The van der Waals surface area contributed by atoms with Crippen LogP contribution in [-0.4, -0.2) is 37.0 Å². The number of ether oxygens (including phenoxy) is 1. The van der Waals surface area contributed by atoms with Crippen molar-refractivity contribution in [2.45, 2.75) is 70.6 Å². The molecule has 0 radical (unpaired) electrons. The van der Waals surface area contributed by atoms with E-state index in [1.54, 1.807) is 0 Å². The molecule has 1 rings (SSSR count). The number of amides is 1. The molecule has 0 fully saturated rings. The quantitative estimate of drug-likeness (QED) is 0.776. The fourth-order valence-electron chi connectivity index (χ4n) is 2.38. The molecule has 0 aliphatic rings. The van der Waals surface area contributed by atoms with Crippen LogP contribution in [0.15, 0.2) is 30.3 Å². The lowest BCUT2D eigenvalue weighted by Gasteiger charge is -2.29. The number of aliphatic hydroxyl groups is 1. The normalized spacial score (nSPS) is 14.9. The van der Waals surface area contributed by atoms with Gasteiger partial charge in [0.1, 0.15) is 5.60 Å². The average molecular weight is 338 g/mol. The molecule has 0 unspecified atom stereocenters. The van der Waals surface area contributed by atoms with Crippen molar-refractivity contribution in [1.29, 1.82) is 0 Å². The highest BCUT2D eigenvalue weighted by Crippen LogP contribution is 2.17. The van der Waals surface area contributed by atoms with Crippen LogP contribution in [0, 0.1) is 0 Å². The van der Waals surface area contributed by atoms with Crippen molar-refractivity contribution in [1.82, 2.24) is 5.32 Å². The van der Waals surface area contributed by atoms with E-state index in [0.717, 1.165) is 11.6 Å². The Morgan fingerprint density at radius 2 is 1.78 bits per heavy atom. The minimum atomic E-state index is -1.44. The number of aliphatic hydroxyl groups excluding tert-OH is 1. The number of hydrogen-bond donors (Lipinski definition) is 2. The minimum absolute atomic E-state index is 0.348. The number of rotatable bonds is 6. The van der Waals surface area contributed by atoms with Crippen LogP contribution in [0.4, 0.5) is 4.79 Å². The Labute approximate surface area is 141 Å². The zero-order valence-corrected chi connectivity index (χ0v) is 16.2. The molecular weight excluding hydrogens is 306 g/mol. The Balaban J connectivity index is 2.81. The van der Waals surface area contributed by atoms with Crippen molar-refractivity contribution in [2.75, 3.05) is 0 Å². The molecule has 130 valence electrons. The Kier molecular flexibility index (Phi) is 6.83. The molecule has 0 aliphatic heterocycles. The van der Waals surface area contributed by atoms with Crippen LogP contribution in [-0.2, 0) is 11.2 Å². The summed E-state index contributed by atoms with van der Waals surface area (Å²) in [7, 11) is -1.44. The zero-order valence-electron chi connectivity index (χ0n) is 15.2. The molecule has 5 heteroatoms. The largest absolute Gasteiger partial charge is 0.444 e. The van der Waals surface area contributed by atoms with Crippen LogP contribution in [0.5, 0.6) is 0 Å². The lowest BCUT2D eigenvalue weighted by molar-refractivity contribution is 0.0436. The number of hydrogen-bond acceptors (Lipinski definition) is 3. The molecule has 0 saturated heterocycles. The summed E-state index contributed by atoms with van der Waals surface area (Å²) >= 11 is 0. The second-order valence-corrected chi connectivity index (χ2v) is 13.8. The second kappa shape index (κ2) is 7.97. The SMILES string of the molecule is CC(C)(C)OC(=O)N[C@@H](Cc1ccccc1)[C@@H](O)C[Si](C)(C)C. The van der Waals surface area contributed by atoms with E-state index in [2.05, 4.69) is 25.0 Å². The third kappa shape index (κ3) is 8.76. The summed E-state index contributed by atoms with van der Waals surface area (Å²) in [6.07, 6.45) is -0.464. The van der Waals surface area contributed by atoms with Crippen molar-refractivity contribution >= 4 is 14.2 Å². The number of carbonyl (C=O) groups is 1. The van der Waals surface area contributed by atoms with Gasteiger partial charge in [0, 0.05) is 8.07 Å². The average Bonchev–Trinajstić information content (AvgIpc) is 2.34. The summed E-state index contributed by atoms with van der Waals surface area (Å²) in [4.78, 5) is 12.1. The second-order valence-electron chi connectivity index (χ2n) is 8.27. The summed E-state index contributed by atoms with van der Waals surface area (Å²) in [5.41, 5.74) is 0.536. The first-order chi connectivity index (χ1) is 10.5. The molecule has 2 atom stereocenters. The van der Waals surface area contributed by atoms with Crippen LogP contribution in [0.3, 0.4) is 0 Å². The van der Waals surface area contributed by atoms with Gasteiger partial charge in [-0.05, 0) is 38.8 Å². The smallest absolute Gasteiger partial charge is 0.407 e. The van der Waals surface area contributed by atoms with Gasteiger partial charge in [-0.3, -0.25) is 0 Å². The van der Waals surface area contributed by atoms with Gasteiger partial charge >= 0.3 is 6.09 Å². The fraction of sp³-hybridized carbons (Fsp3) is 0.611. The molecule has 0 aromatic heterocycles. The molecular formula is C18H31NO3Si. The van der Waals surface area contributed by atoms with E-state index >= 15 is 0 Å². The Hall–Kier alpha value is -1.33. The van der Waals surface area contributed by atoms with Gasteiger partial charge in [0.15, 0.2) is 0 Å². The molecule has 0 spiro atoms. The van der Waals surface area contributed by atoms with Gasteiger partial charge in [0.25, 0.3) is 0 Å². The van der Waals surface area contributed by atoms with E-state index in [1.165, 1.54) is 0 Å². The van der Waals surface area contributed by atoms with Gasteiger partial charge in [0.2, 0.25) is 0 Å². The van der Waals surface area contributed by atoms with Gasteiger partial charge in [0.05, 0.1) is 12.1 Å². The number of alkyl carbamates (subject to hydrolysis) is 1. The highest BCUT2D eigenvalue weighted by atomic mass is 28.3. The molecule has 1 aromatic rings. The summed E-state index contributed by atoms with van der Waals surface area (Å²) in [5.74, 6) is 0. The number of benzene rings is 1. The van der Waals surface area contributed by atoms with Crippen molar-refractivity contribution in [2.24, 2.45) is 0 Å². The monoisotopic (exact) mass is 337 g/mol. The van der Waals surface area contributed by atoms with Crippen LogP contribution in [0.1, 0.15) is 26.3 Å². The standard InChI is InChI=1S/C18H31NO3Si/c1-18(2,3)22-17(21)19-15(16(20)13-23(4,5)6)12-14-10-8-7-9-11-14/h7-11,15-16,20H,12-13H2,1-6H3,(H,19,21)/t15-,16-/m0/s1. The summed E-state index contributed by atoms with van der Waals surface area (Å²) in [6.45, 7) is 12.1. The van der Waals surface area contributed by atoms with Crippen molar-refractivity contribution < 1.29 is 14.6 Å². The van der Waals surface area contributed by atoms with Crippen LogP contribution in [0.2, 0.25) is 25.7 Å². The first-order valence-corrected chi connectivity index (χ1v) is 11.9. The highest BCUT2D eigenvalue weighted by molar-refractivity contribution is 6.76. The van der Waals surface area contributed by atoms with Crippen LogP contribution < -0.4 is 5.32 Å². The van der Waals surface area contributed by atoms with E-state index < -0.39 is 25.9 Å². The van der Waals surface area contributed by atoms with Gasteiger partial charge in [-0.1, -0.05) is 50.0 Å². The number of nitrogens with one attached hydrogen (secondary N) is 1. The molecule has 1 amide bonds. The first-order valence-electron chi connectivity index (χ1n) is 8.18. The predicted molar refractivity (Wildman–Crippen MR) is 97.5 cm³/mol. The zero-order chi connectivity index (χ0) is 17.7. The third-order valence-electron chi connectivity index (χ3n) is 3.29. The van der Waals surface area contributed by atoms with E-state index in [1.807, 2.05) is 51.1 Å². The molecule has 23 heavy (non-hydrogen) atoms. The molecule has 1 aromatic carbocycles. The Morgan fingerprint density at radius 3 is 2.26 bits per heavy atom. The maximum absolute atomic E-state index is 12.1. The maximum Gasteiger partial charge on any atom is 0.407 e. The van der Waals surface area contributed by atoms with E-state index in [4.69, 9.17) is 4.74 Å². The Bertz CT molecular complexity index is 491. The molecule has 0 bridgehead atoms. The lowest BCUT2D eigenvalue weighted by Crippen LogP contribution is -2.48. The molecule has 0 saturated carbocycles. The van der Waals surface area contributed by atoms with Crippen molar-refractivity contribution in [3.8, 4) is 0 Å². The van der Waals surface area contributed by atoms with E-state index in [9.17, 15) is 9.90 Å². The first kappa shape index (κ1) is 19.7. The van der Waals surface area contributed by atoms with Crippen LogP contribution in [0.25, 0.3) is 0 Å². The molecule has 4 nitrogen and oxygen atoms in total. The molecule has 0 heterocycles. The summed E-state index contributed by atoms with van der Waals surface area (Å²) in [6, 6.07) is 10.3. The highest BCUT2D eigenvalue weighted by Gasteiger charge is 2.28. The van der Waals surface area contributed by atoms with E-state index in [0.29, 0.717) is 6.42 Å². The lowest BCUT2D eigenvalue weighted by atomic mass is 10.0. The topological polar surface area (TPSA) is 58.6 Å². The van der Waals surface area contributed by atoms with E-state index in [-0.39, 0.29) is 6.04 Å². The van der Waals surface area contributed by atoms with Gasteiger partial charge in [-0.25, -0.2) is 4.79 Å². The Morgan fingerprint density at radius 1 is 1.22 bits per heavy atom. The van der Waals surface area contributed by atoms with Crippen molar-refractivity contribution in [3.63, 3.8) is 0 Å². The number of carbonyl (C=O) groups excluding carboxylic acids is 1. The molecule has 2 N–H and O–H groups in total. The van der Waals surface area contributed by atoms with Gasteiger partial charge in [-0.2, -0.15) is 0 Å². The fourth-order valence-corrected chi connectivity index (χ4v) is 3.92. The van der Waals surface area contributed by atoms with Crippen LogP contribution >= 0.6 is 0 Å². The molecule has 0 aliphatic carbocycles. The van der Waals surface area contributed by atoms with Crippen molar-refractivity contribution in [3.05, 3.63) is 35.9 Å². The predicted octanol–water partition coefficient (Wildman–Crippen LogP) is 3.82. The maximum atomic E-state index is 12.1. The third-order valence-corrected chi connectivity index (χ3v) is 4.93.